The van der Waals surface area contributed by atoms with Gasteiger partial charge in [0.05, 0.1) is 11.5 Å². The van der Waals surface area contributed by atoms with Gasteiger partial charge < -0.3 is 4.74 Å². The Kier molecular flexibility index (Phi) is 4.45. The molecule has 0 aliphatic heterocycles. The molecule has 0 fully saturated rings. The quantitative estimate of drug-likeness (QED) is 0.607. The second-order valence-electron chi connectivity index (χ2n) is 3.41. The van der Waals surface area contributed by atoms with Crippen LogP contribution in [0.4, 0.5) is 0 Å². The molecular formula is C12H14O4S. The number of esters is 1. The van der Waals surface area contributed by atoms with Crippen molar-refractivity contribution >= 4 is 15.8 Å². The van der Waals surface area contributed by atoms with Gasteiger partial charge in [-0.3, -0.25) is 0 Å². The van der Waals surface area contributed by atoms with E-state index in [1.165, 1.54) is 12.1 Å². The fourth-order valence-electron chi connectivity index (χ4n) is 1.14. The summed E-state index contributed by atoms with van der Waals surface area (Å²) in [5.74, 6) is -0.664. The van der Waals surface area contributed by atoms with E-state index in [0.717, 1.165) is 17.0 Å². The van der Waals surface area contributed by atoms with Crippen molar-refractivity contribution < 1.29 is 17.9 Å². The zero-order valence-corrected chi connectivity index (χ0v) is 10.5. The van der Waals surface area contributed by atoms with Crippen molar-refractivity contribution in [3.63, 3.8) is 0 Å². The van der Waals surface area contributed by atoms with Crippen LogP contribution in [0.5, 0.6) is 0 Å². The first kappa shape index (κ1) is 13.4. The molecule has 5 heteroatoms. The number of aryl methyl sites for hydroxylation is 1. The Bertz CT molecular complexity index is 512. The van der Waals surface area contributed by atoms with E-state index in [1.807, 2.05) is 6.92 Å². The van der Waals surface area contributed by atoms with Crippen molar-refractivity contribution in [2.45, 2.75) is 18.7 Å². The van der Waals surface area contributed by atoms with Crippen LogP contribution in [0.25, 0.3) is 0 Å². The minimum atomic E-state index is -3.57. The van der Waals surface area contributed by atoms with Crippen LogP contribution in [-0.4, -0.2) is 21.0 Å². The Morgan fingerprint density at radius 3 is 2.41 bits per heavy atom. The van der Waals surface area contributed by atoms with Crippen molar-refractivity contribution in [1.82, 2.24) is 0 Å². The molecule has 0 saturated carbocycles. The molecule has 0 atom stereocenters. The highest BCUT2D eigenvalue weighted by Crippen LogP contribution is 2.13. The number of ether oxygens (including phenoxy) is 1. The van der Waals surface area contributed by atoms with E-state index in [0.29, 0.717) is 0 Å². The van der Waals surface area contributed by atoms with Gasteiger partial charge in [0, 0.05) is 11.5 Å². The summed E-state index contributed by atoms with van der Waals surface area (Å²) in [4.78, 5) is 11.2. The Labute approximate surface area is 101 Å². The molecule has 0 amide bonds. The second-order valence-corrected chi connectivity index (χ2v) is 5.25. The molecule has 4 nitrogen and oxygen atoms in total. The van der Waals surface area contributed by atoms with Crippen LogP contribution >= 0.6 is 0 Å². The Balaban J connectivity index is 2.89. The van der Waals surface area contributed by atoms with E-state index in [2.05, 4.69) is 4.74 Å². The monoisotopic (exact) mass is 254 g/mol. The Morgan fingerprint density at radius 1 is 1.29 bits per heavy atom. The maximum Gasteiger partial charge on any atom is 0.331 e. The van der Waals surface area contributed by atoms with Crippen molar-refractivity contribution in [2.75, 3.05) is 6.61 Å². The number of benzene rings is 1. The number of carbonyl (C=O) groups is 1. The normalized spacial score (nSPS) is 11.6. The van der Waals surface area contributed by atoms with Crippen LogP contribution in [-0.2, 0) is 19.4 Å². The van der Waals surface area contributed by atoms with Gasteiger partial charge in [0.2, 0.25) is 0 Å². The lowest BCUT2D eigenvalue weighted by atomic mass is 10.2. The lowest BCUT2D eigenvalue weighted by Crippen LogP contribution is -2.02. The molecule has 92 valence electrons. The van der Waals surface area contributed by atoms with Gasteiger partial charge in [0.25, 0.3) is 0 Å². The average Bonchev–Trinajstić information content (AvgIpc) is 2.28. The Morgan fingerprint density at radius 2 is 1.88 bits per heavy atom. The summed E-state index contributed by atoms with van der Waals surface area (Å²) in [6.45, 7) is 3.73. The molecule has 0 N–H and O–H groups in total. The molecule has 17 heavy (non-hydrogen) atoms. The van der Waals surface area contributed by atoms with E-state index in [-0.39, 0.29) is 11.5 Å². The van der Waals surface area contributed by atoms with Gasteiger partial charge >= 0.3 is 5.97 Å². The minimum absolute atomic E-state index is 0.156. The van der Waals surface area contributed by atoms with Gasteiger partial charge in [0.15, 0.2) is 9.84 Å². The topological polar surface area (TPSA) is 60.4 Å². The van der Waals surface area contributed by atoms with Gasteiger partial charge in [-0.25, -0.2) is 13.2 Å². The SMILES string of the molecule is CCOC(=O)/C=C\S(=O)(=O)c1ccc(C)cc1. The Hall–Kier alpha value is -1.62. The maximum absolute atomic E-state index is 11.8. The molecule has 0 bridgehead atoms. The standard InChI is InChI=1S/C12H14O4S/c1-3-16-12(13)8-9-17(14,15)11-6-4-10(2)5-7-11/h4-9H,3H2,1-2H3/b9-8-. The molecule has 0 heterocycles. The highest BCUT2D eigenvalue weighted by molar-refractivity contribution is 7.94. The molecular weight excluding hydrogens is 240 g/mol. The van der Waals surface area contributed by atoms with Crippen LogP contribution in [0.3, 0.4) is 0 Å². The average molecular weight is 254 g/mol. The first-order valence-electron chi connectivity index (χ1n) is 5.12. The largest absolute Gasteiger partial charge is 0.463 e. The number of hydrogen-bond donors (Lipinski definition) is 0. The van der Waals surface area contributed by atoms with E-state index < -0.39 is 15.8 Å². The molecule has 0 spiro atoms. The first-order valence-corrected chi connectivity index (χ1v) is 6.67. The summed E-state index contributed by atoms with van der Waals surface area (Å²) in [5, 5.41) is 0.857. The third-order valence-corrected chi connectivity index (χ3v) is 3.44. The fourth-order valence-corrected chi connectivity index (χ4v) is 2.10. The predicted octanol–water partition coefficient (Wildman–Crippen LogP) is 1.85. The van der Waals surface area contributed by atoms with E-state index >= 15 is 0 Å². The number of rotatable bonds is 4. The van der Waals surface area contributed by atoms with Crippen LogP contribution in [0.15, 0.2) is 40.6 Å². The molecule has 1 aromatic carbocycles. The maximum atomic E-state index is 11.8. The van der Waals surface area contributed by atoms with Gasteiger partial charge in [-0.2, -0.15) is 0 Å². The predicted molar refractivity (Wildman–Crippen MR) is 64.1 cm³/mol. The fraction of sp³-hybridized carbons (Fsp3) is 0.250. The molecule has 0 saturated heterocycles. The molecule has 1 aromatic rings. The lowest BCUT2D eigenvalue weighted by molar-refractivity contribution is -0.137. The first-order chi connectivity index (χ1) is 7.95. The van der Waals surface area contributed by atoms with Crippen molar-refractivity contribution in [2.24, 2.45) is 0 Å². The summed E-state index contributed by atoms with van der Waals surface area (Å²) in [7, 11) is -3.57. The number of carbonyl (C=O) groups excluding carboxylic acids is 1. The summed E-state index contributed by atoms with van der Waals surface area (Å²) >= 11 is 0. The highest BCUT2D eigenvalue weighted by Gasteiger charge is 2.10. The van der Waals surface area contributed by atoms with Crippen molar-refractivity contribution in [1.29, 1.82) is 0 Å². The molecule has 1 rings (SSSR count). The number of hydrogen-bond acceptors (Lipinski definition) is 4. The summed E-state index contributed by atoms with van der Waals surface area (Å²) < 4.78 is 28.1. The summed E-state index contributed by atoms with van der Waals surface area (Å²) in [6, 6.07) is 6.40. The van der Waals surface area contributed by atoms with Crippen molar-refractivity contribution in [3.8, 4) is 0 Å². The zero-order chi connectivity index (χ0) is 12.9. The molecule has 0 aliphatic carbocycles. The second kappa shape index (κ2) is 5.63. The molecule has 0 radical (unpaired) electrons. The van der Waals surface area contributed by atoms with Crippen LogP contribution < -0.4 is 0 Å². The van der Waals surface area contributed by atoms with Crippen LogP contribution in [0, 0.1) is 6.92 Å². The number of sulfone groups is 1. The van der Waals surface area contributed by atoms with Gasteiger partial charge in [-0.05, 0) is 26.0 Å². The van der Waals surface area contributed by atoms with Gasteiger partial charge in [-0.1, -0.05) is 17.7 Å². The molecule has 0 aromatic heterocycles. The molecule has 0 aliphatic rings. The van der Waals surface area contributed by atoms with E-state index in [9.17, 15) is 13.2 Å². The summed E-state index contributed by atoms with van der Waals surface area (Å²) in [5.41, 5.74) is 0.971. The van der Waals surface area contributed by atoms with E-state index in [1.54, 1.807) is 19.1 Å². The lowest BCUT2D eigenvalue weighted by Gasteiger charge is -1.99. The van der Waals surface area contributed by atoms with Gasteiger partial charge in [0.1, 0.15) is 0 Å². The van der Waals surface area contributed by atoms with Crippen LogP contribution in [0.2, 0.25) is 0 Å². The summed E-state index contributed by atoms with van der Waals surface area (Å²) in [6.07, 6.45) is 0.915. The third-order valence-electron chi connectivity index (χ3n) is 2.02. The minimum Gasteiger partial charge on any atom is -0.463 e. The third kappa shape index (κ3) is 4.03. The van der Waals surface area contributed by atoms with E-state index in [4.69, 9.17) is 0 Å². The van der Waals surface area contributed by atoms with Crippen LogP contribution in [0.1, 0.15) is 12.5 Å². The zero-order valence-electron chi connectivity index (χ0n) is 9.71. The molecule has 0 unspecified atom stereocenters. The van der Waals surface area contributed by atoms with Crippen molar-refractivity contribution in [3.05, 3.63) is 41.3 Å². The van der Waals surface area contributed by atoms with Gasteiger partial charge in [-0.15, -0.1) is 0 Å². The highest BCUT2D eigenvalue weighted by atomic mass is 32.2. The smallest absolute Gasteiger partial charge is 0.331 e.